The Bertz CT molecular complexity index is 404. The zero-order chi connectivity index (χ0) is 14.1. The van der Waals surface area contributed by atoms with Gasteiger partial charge in [0.2, 0.25) is 0 Å². The average Bonchev–Trinajstić information content (AvgIpc) is 2.41. The largest absolute Gasteiger partial charge is 0.352 e. The number of amides is 1. The number of benzene rings is 1. The minimum atomic E-state index is 0.0236. The lowest BCUT2D eigenvalue weighted by Gasteiger charge is -2.05. The highest BCUT2D eigenvalue weighted by Gasteiger charge is 2.03. The average molecular weight is 259 g/mol. The molecular weight excluding hydrogens is 234 g/mol. The van der Waals surface area contributed by atoms with E-state index in [-0.39, 0.29) is 5.91 Å². The molecule has 1 N–H and O–H groups in total. The van der Waals surface area contributed by atoms with Crippen LogP contribution in [0.4, 0.5) is 0 Å². The van der Waals surface area contributed by atoms with Gasteiger partial charge in [0.15, 0.2) is 0 Å². The van der Waals surface area contributed by atoms with Gasteiger partial charge in [0, 0.05) is 12.1 Å². The fourth-order valence-corrected chi connectivity index (χ4v) is 1.73. The van der Waals surface area contributed by atoms with Crippen LogP contribution < -0.4 is 5.32 Å². The van der Waals surface area contributed by atoms with Gasteiger partial charge in [-0.3, -0.25) is 4.79 Å². The summed E-state index contributed by atoms with van der Waals surface area (Å²) in [4.78, 5) is 11.9. The summed E-state index contributed by atoms with van der Waals surface area (Å²) in [6.45, 7) is 7.22. The van der Waals surface area contributed by atoms with E-state index in [2.05, 4.69) is 38.2 Å². The van der Waals surface area contributed by atoms with Gasteiger partial charge in [0.1, 0.15) is 0 Å². The molecule has 2 heteroatoms. The highest BCUT2D eigenvalue weighted by Crippen LogP contribution is 2.08. The van der Waals surface area contributed by atoms with Crippen molar-refractivity contribution < 1.29 is 4.79 Å². The Hall–Kier alpha value is -1.57. The van der Waals surface area contributed by atoms with Crippen molar-refractivity contribution in [2.45, 2.75) is 40.0 Å². The molecule has 0 aliphatic carbocycles. The van der Waals surface area contributed by atoms with Gasteiger partial charge in [-0.25, -0.2) is 0 Å². The van der Waals surface area contributed by atoms with Crippen molar-refractivity contribution in [3.8, 4) is 0 Å². The molecule has 0 aliphatic rings. The molecule has 0 heterocycles. The predicted molar refractivity (Wildman–Crippen MR) is 82.2 cm³/mol. The molecule has 0 fully saturated rings. The first-order chi connectivity index (χ1) is 9.13. The molecule has 1 aromatic carbocycles. The molecule has 1 aromatic rings. The number of hydrogen-bond donors (Lipinski definition) is 1. The van der Waals surface area contributed by atoms with Gasteiger partial charge in [0.25, 0.3) is 5.91 Å². The number of allylic oxidation sites excluding steroid dienone is 1. The quantitative estimate of drug-likeness (QED) is 0.728. The number of unbranched alkanes of at least 4 members (excludes halogenated alkanes) is 2. The molecule has 0 unspecified atom stereocenters. The minimum absolute atomic E-state index is 0.0236. The zero-order valence-corrected chi connectivity index (χ0v) is 12.3. The van der Waals surface area contributed by atoms with Crippen LogP contribution in [0.2, 0.25) is 0 Å². The number of carbonyl (C=O) groups is 1. The number of nitrogens with one attached hydrogen (secondary N) is 1. The smallest absolute Gasteiger partial charge is 0.251 e. The maximum Gasteiger partial charge on any atom is 0.251 e. The van der Waals surface area contributed by atoms with Gasteiger partial charge in [-0.2, -0.15) is 0 Å². The summed E-state index contributed by atoms with van der Waals surface area (Å²) >= 11 is 0. The van der Waals surface area contributed by atoms with Crippen molar-refractivity contribution >= 4 is 12.0 Å². The van der Waals surface area contributed by atoms with Crippen molar-refractivity contribution in [2.75, 3.05) is 6.54 Å². The van der Waals surface area contributed by atoms with Gasteiger partial charge in [0.05, 0.1) is 0 Å². The molecule has 0 saturated heterocycles. The predicted octanol–water partition coefficient (Wildman–Crippen LogP) is 4.28. The highest BCUT2D eigenvalue weighted by atomic mass is 16.1. The number of hydrogen-bond acceptors (Lipinski definition) is 1. The lowest BCUT2D eigenvalue weighted by molar-refractivity contribution is 0.0953. The Morgan fingerprint density at radius 3 is 2.47 bits per heavy atom. The zero-order valence-electron chi connectivity index (χ0n) is 12.3. The summed E-state index contributed by atoms with van der Waals surface area (Å²) < 4.78 is 0. The van der Waals surface area contributed by atoms with Gasteiger partial charge in [-0.1, -0.05) is 57.9 Å². The molecule has 0 atom stereocenters. The Labute approximate surface area is 116 Å². The van der Waals surface area contributed by atoms with Crippen molar-refractivity contribution in [3.63, 3.8) is 0 Å². The maximum atomic E-state index is 11.9. The van der Waals surface area contributed by atoms with Crippen molar-refractivity contribution in [3.05, 3.63) is 41.5 Å². The summed E-state index contributed by atoms with van der Waals surface area (Å²) in [5.41, 5.74) is 1.87. The molecule has 104 valence electrons. The van der Waals surface area contributed by atoms with Crippen LogP contribution in [0.3, 0.4) is 0 Å². The molecule has 0 aliphatic heterocycles. The number of rotatable bonds is 7. The second kappa shape index (κ2) is 8.52. The van der Waals surface area contributed by atoms with Crippen molar-refractivity contribution in [2.24, 2.45) is 5.92 Å². The Balaban J connectivity index is 2.49. The molecule has 0 saturated carbocycles. The summed E-state index contributed by atoms with van der Waals surface area (Å²) in [5, 5.41) is 2.95. The van der Waals surface area contributed by atoms with Gasteiger partial charge < -0.3 is 5.32 Å². The van der Waals surface area contributed by atoms with Crippen molar-refractivity contribution in [1.29, 1.82) is 0 Å². The van der Waals surface area contributed by atoms with E-state index < -0.39 is 0 Å². The minimum Gasteiger partial charge on any atom is -0.352 e. The van der Waals surface area contributed by atoms with Crippen LogP contribution in [0.25, 0.3) is 6.08 Å². The van der Waals surface area contributed by atoms with Crippen LogP contribution in [-0.4, -0.2) is 12.5 Å². The third-order valence-corrected chi connectivity index (χ3v) is 2.91. The fourth-order valence-electron chi connectivity index (χ4n) is 1.73. The molecule has 0 radical (unpaired) electrons. The van der Waals surface area contributed by atoms with E-state index >= 15 is 0 Å². The summed E-state index contributed by atoms with van der Waals surface area (Å²) in [6, 6.07) is 7.74. The third-order valence-electron chi connectivity index (χ3n) is 2.91. The van der Waals surface area contributed by atoms with E-state index in [1.807, 2.05) is 24.3 Å². The van der Waals surface area contributed by atoms with E-state index in [9.17, 15) is 4.79 Å². The van der Waals surface area contributed by atoms with Gasteiger partial charge >= 0.3 is 0 Å². The van der Waals surface area contributed by atoms with E-state index in [1.165, 1.54) is 12.8 Å². The molecule has 0 bridgehead atoms. The van der Waals surface area contributed by atoms with E-state index in [0.29, 0.717) is 5.92 Å². The highest BCUT2D eigenvalue weighted by molar-refractivity contribution is 5.94. The van der Waals surface area contributed by atoms with E-state index in [1.54, 1.807) is 0 Å². The van der Waals surface area contributed by atoms with Crippen LogP contribution in [0.15, 0.2) is 30.3 Å². The molecule has 19 heavy (non-hydrogen) atoms. The lowest BCUT2D eigenvalue weighted by atomic mass is 10.1. The fraction of sp³-hybridized carbons (Fsp3) is 0.471. The van der Waals surface area contributed by atoms with Crippen LogP contribution in [0.5, 0.6) is 0 Å². The summed E-state index contributed by atoms with van der Waals surface area (Å²) in [5.74, 6) is 0.567. The van der Waals surface area contributed by atoms with Crippen LogP contribution in [-0.2, 0) is 0 Å². The SMILES string of the molecule is CCCCCNC(=O)c1ccc(/C=C/C(C)C)cc1. The normalized spacial score (nSPS) is 11.2. The summed E-state index contributed by atoms with van der Waals surface area (Å²) in [6.07, 6.45) is 7.64. The number of carbonyl (C=O) groups excluding carboxylic acids is 1. The standard InChI is InChI=1S/C17H25NO/c1-4-5-6-13-18-17(19)16-11-9-15(10-12-16)8-7-14(2)3/h7-12,14H,4-6,13H2,1-3H3,(H,18,19)/b8-7+. The van der Waals surface area contributed by atoms with Crippen LogP contribution in [0, 0.1) is 5.92 Å². The topological polar surface area (TPSA) is 29.1 Å². The van der Waals surface area contributed by atoms with Crippen LogP contribution >= 0.6 is 0 Å². The maximum absolute atomic E-state index is 11.9. The lowest BCUT2D eigenvalue weighted by Crippen LogP contribution is -2.24. The van der Waals surface area contributed by atoms with Gasteiger partial charge in [-0.05, 0) is 30.0 Å². The second-order valence-corrected chi connectivity index (χ2v) is 5.19. The van der Waals surface area contributed by atoms with E-state index in [4.69, 9.17) is 0 Å². The molecule has 2 nitrogen and oxygen atoms in total. The van der Waals surface area contributed by atoms with Gasteiger partial charge in [-0.15, -0.1) is 0 Å². The molecule has 0 spiro atoms. The molecular formula is C17H25NO. The van der Waals surface area contributed by atoms with Crippen molar-refractivity contribution in [1.82, 2.24) is 5.32 Å². The van der Waals surface area contributed by atoms with Crippen LogP contribution in [0.1, 0.15) is 56.0 Å². The molecule has 1 rings (SSSR count). The van der Waals surface area contributed by atoms with E-state index in [0.717, 1.165) is 24.1 Å². The Kier molecular flexibility index (Phi) is 6.94. The first-order valence-corrected chi connectivity index (χ1v) is 7.20. The first kappa shape index (κ1) is 15.5. The summed E-state index contributed by atoms with van der Waals surface area (Å²) in [7, 11) is 0. The Morgan fingerprint density at radius 1 is 1.21 bits per heavy atom. The second-order valence-electron chi connectivity index (χ2n) is 5.19. The Morgan fingerprint density at radius 2 is 1.89 bits per heavy atom. The molecule has 1 amide bonds. The monoisotopic (exact) mass is 259 g/mol. The molecule has 0 aromatic heterocycles. The third kappa shape index (κ3) is 6.23. The first-order valence-electron chi connectivity index (χ1n) is 7.20.